The smallest absolute Gasteiger partial charge is 0.262 e. The van der Waals surface area contributed by atoms with E-state index in [1.807, 2.05) is 0 Å². The zero-order valence-corrected chi connectivity index (χ0v) is 8.00. The van der Waals surface area contributed by atoms with Crippen molar-refractivity contribution in [3.05, 3.63) is 10.4 Å². The summed E-state index contributed by atoms with van der Waals surface area (Å²) in [6.45, 7) is -0.760. The third-order valence-corrected chi connectivity index (χ3v) is 2.35. The zero-order valence-electron chi connectivity index (χ0n) is 8.00. The lowest BCUT2D eigenvalue weighted by Gasteiger charge is -2.48. The first-order chi connectivity index (χ1) is 7.30. The van der Waals surface area contributed by atoms with Gasteiger partial charge >= 0.3 is 0 Å². The first-order valence-electron chi connectivity index (χ1n) is 4.25. The molecule has 1 aliphatic heterocycles. The van der Waals surface area contributed by atoms with Crippen molar-refractivity contribution in [1.82, 2.24) is 0 Å². The molecule has 92 valence electrons. The van der Waals surface area contributed by atoms with Crippen LogP contribution in [0.3, 0.4) is 0 Å². The van der Waals surface area contributed by atoms with Gasteiger partial charge in [-0.2, -0.15) is 0 Å². The lowest BCUT2D eigenvalue weighted by Crippen LogP contribution is -2.75. The van der Waals surface area contributed by atoms with Gasteiger partial charge in [-0.25, -0.2) is 0 Å². The van der Waals surface area contributed by atoms with Gasteiger partial charge < -0.3 is 30.3 Å². The molecule has 0 saturated carbocycles. The summed E-state index contributed by atoms with van der Waals surface area (Å²) in [4.78, 5) is 2.18. The van der Waals surface area contributed by atoms with Gasteiger partial charge in [0.1, 0.15) is 18.3 Å². The highest BCUT2D eigenvalue weighted by molar-refractivity contribution is 5.03. The molecule has 10 nitrogen and oxygen atoms in total. The quantitative estimate of drug-likeness (QED) is 0.125. The Balaban J connectivity index is 3.15. The van der Waals surface area contributed by atoms with Crippen LogP contribution in [-0.2, 0) is 4.74 Å². The van der Waals surface area contributed by atoms with Crippen LogP contribution in [0.4, 0.5) is 0 Å². The lowest BCUT2D eigenvalue weighted by atomic mass is 9.91. The summed E-state index contributed by atoms with van der Waals surface area (Å²) >= 11 is 0. The maximum atomic E-state index is 9.64. The first kappa shape index (κ1) is 13.1. The van der Waals surface area contributed by atoms with E-state index in [2.05, 4.69) is 14.8 Å². The molecular formula is C6H12N4O6. The highest BCUT2D eigenvalue weighted by Gasteiger charge is 2.62. The Hall–Kier alpha value is -0.970. The molecule has 7 N–H and O–H groups in total. The molecule has 0 aromatic rings. The van der Waals surface area contributed by atoms with Gasteiger partial charge in [-0.05, 0) is 10.6 Å². The number of nitrogens with zero attached hydrogens (tertiary/aromatic N) is 3. The molecule has 1 unspecified atom stereocenters. The molecule has 1 heterocycles. The van der Waals surface area contributed by atoms with Gasteiger partial charge in [0, 0.05) is 4.91 Å². The molecule has 0 amide bonds. The van der Waals surface area contributed by atoms with Gasteiger partial charge in [-0.3, -0.25) is 5.73 Å². The Morgan fingerprint density at radius 2 is 2.00 bits per heavy atom. The topological polar surface area (TPSA) is 185 Å². The van der Waals surface area contributed by atoms with Gasteiger partial charge in [0.15, 0.2) is 0 Å². The minimum atomic E-state index is -2.95. The normalized spacial score (nSPS) is 48.5. The third-order valence-electron chi connectivity index (χ3n) is 2.35. The summed E-state index contributed by atoms with van der Waals surface area (Å²) in [7, 11) is 0. The minimum absolute atomic E-state index is 0.760. The lowest BCUT2D eigenvalue weighted by molar-refractivity contribution is -0.385. The standard InChI is InChI=1S/C6H12N4O6/c7-6(15)5(14,9-10-8)4(13)3(12)2(1-11)16-6/h2-4,11-15H,1,7H2/t2-,3-,4+,5-,6?/m1/s1. The predicted octanol–water partition coefficient (Wildman–Crippen LogP) is -3.30. The molecule has 1 fully saturated rings. The molecule has 0 aromatic carbocycles. The van der Waals surface area contributed by atoms with E-state index in [1.165, 1.54) is 0 Å². The van der Waals surface area contributed by atoms with Crippen molar-refractivity contribution in [2.45, 2.75) is 29.9 Å². The van der Waals surface area contributed by atoms with E-state index < -0.39 is 36.6 Å². The predicted molar refractivity (Wildman–Crippen MR) is 47.2 cm³/mol. The Morgan fingerprint density at radius 3 is 2.44 bits per heavy atom. The molecule has 1 saturated heterocycles. The number of aliphatic hydroxyl groups excluding tert-OH is 3. The second-order valence-corrected chi connectivity index (χ2v) is 3.39. The molecule has 1 aliphatic rings. The fraction of sp³-hybridized carbons (Fsp3) is 1.00. The van der Waals surface area contributed by atoms with Gasteiger partial charge in [-0.15, -0.1) is 0 Å². The number of azide groups is 1. The van der Waals surface area contributed by atoms with Gasteiger partial charge in [-0.1, -0.05) is 0 Å². The van der Waals surface area contributed by atoms with E-state index in [0.717, 1.165) is 0 Å². The number of nitrogens with two attached hydrogens (primary N) is 1. The molecular weight excluding hydrogens is 224 g/mol. The van der Waals surface area contributed by atoms with E-state index in [1.54, 1.807) is 0 Å². The molecule has 0 aliphatic carbocycles. The first-order valence-corrected chi connectivity index (χ1v) is 4.25. The van der Waals surface area contributed by atoms with Crippen LogP contribution < -0.4 is 5.73 Å². The van der Waals surface area contributed by atoms with Crippen molar-refractivity contribution in [2.24, 2.45) is 10.8 Å². The fourth-order valence-corrected chi connectivity index (χ4v) is 1.38. The van der Waals surface area contributed by atoms with Crippen molar-refractivity contribution in [3.63, 3.8) is 0 Å². The van der Waals surface area contributed by atoms with Crippen molar-refractivity contribution in [1.29, 1.82) is 0 Å². The van der Waals surface area contributed by atoms with E-state index in [-0.39, 0.29) is 0 Å². The number of hydrogen-bond donors (Lipinski definition) is 6. The highest BCUT2D eigenvalue weighted by Crippen LogP contribution is 2.34. The van der Waals surface area contributed by atoms with E-state index in [9.17, 15) is 20.4 Å². The highest BCUT2D eigenvalue weighted by atomic mass is 16.7. The third kappa shape index (κ3) is 1.73. The average Bonchev–Trinajstić information content (AvgIpc) is 2.22. The summed E-state index contributed by atoms with van der Waals surface area (Å²) in [6.07, 6.45) is -5.30. The summed E-state index contributed by atoms with van der Waals surface area (Å²) in [5.41, 5.74) is 10.3. The number of ether oxygens (including phenoxy) is 1. The second kappa shape index (κ2) is 4.13. The maximum absolute atomic E-state index is 9.64. The zero-order chi connectivity index (χ0) is 12.6. The summed E-state index contributed by atoms with van der Waals surface area (Å²) < 4.78 is 4.53. The van der Waals surface area contributed by atoms with Crippen LogP contribution in [0, 0.1) is 0 Å². The number of rotatable bonds is 2. The van der Waals surface area contributed by atoms with Crippen LogP contribution in [0.1, 0.15) is 0 Å². The molecule has 1 rings (SSSR count). The van der Waals surface area contributed by atoms with Crippen molar-refractivity contribution < 1.29 is 30.3 Å². The molecule has 0 spiro atoms. The largest absolute Gasteiger partial charge is 0.394 e. The van der Waals surface area contributed by atoms with E-state index in [4.69, 9.17) is 16.4 Å². The van der Waals surface area contributed by atoms with Gasteiger partial charge in [0.2, 0.25) is 5.72 Å². The second-order valence-electron chi connectivity index (χ2n) is 3.39. The van der Waals surface area contributed by atoms with E-state index >= 15 is 0 Å². The van der Waals surface area contributed by atoms with Crippen LogP contribution in [-0.4, -0.2) is 62.1 Å². The Bertz CT molecular complexity index is 318. The maximum Gasteiger partial charge on any atom is 0.262 e. The van der Waals surface area contributed by atoms with Crippen LogP contribution >= 0.6 is 0 Å². The summed E-state index contributed by atoms with van der Waals surface area (Å²) in [6, 6.07) is 0. The molecule has 16 heavy (non-hydrogen) atoms. The van der Waals surface area contributed by atoms with Gasteiger partial charge in [0.25, 0.3) is 5.91 Å². The Morgan fingerprint density at radius 1 is 1.44 bits per heavy atom. The molecule has 0 bridgehead atoms. The Kier molecular flexibility index (Phi) is 3.38. The summed E-state index contributed by atoms with van der Waals surface area (Å²) in [5, 5.41) is 49.4. The summed E-state index contributed by atoms with van der Waals surface area (Å²) in [5.74, 6) is -2.93. The molecule has 10 heteroatoms. The SMILES string of the molecule is [N-]=[N+]=N[C@@]1(O)[C@@H](O)[C@H](O)[C@@H](CO)OC1(N)O. The van der Waals surface area contributed by atoms with Gasteiger partial charge in [0.05, 0.1) is 6.61 Å². The van der Waals surface area contributed by atoms with Crippen molar-refractivity contribution in [3.8, 4) is 0 Å². The molecule has 0 aromatic heterocycles. The Labute approximate surface area is 89.1 Å². The van der Waals surface area contributed by atoms with Crippen molar-refractivity contribution in [2.75, 3.05) is 6.61 Å². The fourth-order valence-electron chi connectivity index (χ4n) is 1.38. The monoisotopic (exact) mass is 236 g/mol. The molecule has 0 radical (unpaired) electrons. The van der Waals surface area contributed by atoms with Crippen LogP contribution in [0.25, 0.3) is 10.4 Å². The van der Waals surface area contributed by atoms with E-state index in [0.29, 0.717) is 0 Å². The van der Waals surface area contributed by atoms with Crippen LogP contribution in [0.15, 0.2) is 5.11 Å². The van der Waals surface area contributed by atoms with Crippen LogP contribution in [0.2, 0.25) is 0 Å². The average molecular weight is 236 g/mol. The molecule has 5 atom stereocenters. The minimum Gasteiger partial charge on any atom is -0.394 e. The number of aliphatic hydroxyl groups is 5. The van der Waals surface area contributed by atoms with Crippen LogP contribution in [0.5, 0.6) is 0 Å². The number of hydrogen-bond acceptors (Lipinski definition) is 8. The van der Waals surface area contributed by atoms with Crippen molar-refractivity contribution >= 4 is 0 Å².